The second-order valence-electron chi connectivity index (χ2n) is 3.84. The Morgan fingerprint density at radius 2 is 2.00 bits per heavy atom. The Morgan fingerprint density at radius 3 is 2.67 bits per heavy atom. The summed E-state index contributed by atoms with van der Waals surface area (Å²) in [7, 11) is 0. The first-order valence-electron chi connectivity index (χ1n) is 5.72. The van der Waals surface area contributed by atoms with Crippen molar-refractivity contribution in [3.8, 4) is 0 Å². The van der Waals surface area contributed by atoms with Crippen molar-refractivity contribution in [3.05, 3.63) is 46.0 Å². The fourth-order valence-corrected chi connectivity index (χ4v) is 2.09. The molecule has 0 radical (unpaired) electrons. The van der Waals surface area contributed by atoms with E-state index in [-0.39, 0.29) is 0 Å². The minimum Gasteiger partial charge on any atom is -0.310 e. The van der Waals surface area contributed by atoms with Gasteiger partial charge in [-0.15, -0.1) is 0 Å². The number of halogens is 2. The maximum Gasteiger partial charge on any atom is 0.164 e. The van der Waals surface area contributed by atoms with Gasteiger partial charge >= 0.3 is 0 Å². The van der Waals surface area contributed by atoms with Crippen molar-refractivity contribution >= 4 is 23.2 Å². The van der Waals surface area contributed by atoms with Crippen LogP contribution in [0.2, 0.25) is 10.0 Å². The Morgan fingerprint density at radius 1 is 1.28 bits per heavy atom. The molecule has 1 heterocycles. The van der Waals surface area contributed by atoms with E-state index < -0.39 is 0 Å². The highest BCUT2D eigenvalue weighted by molar-refractivity contribution is 6.35. The molecule has 0 atom stereocenters. The number of nitrogens with one attached hydrogen (secondary N) is 1. The van der Waals surface area contributed by atoms with Crippen molar-refractivity contribution in [2.24, 2.45) is 0 Å². The van der Waals surface area contributed by atoms with Gasteiger partial charge < -0.3 is 5.32 Å². The molecule has 0 spiro atoms. The summed E-state index contributed by atoms with van der Waals surface area (Å²) in [6.45, 7) is 4.13. The Labute approximate surface area is 116 Å². The molecule has 6 heteroatoms. The minimum absolute atomic E-state index is 0.525. The van der Waals surface area contributed by atoms with Gasteiger partial charge in [-0.1, -0.05) is 36.2 Å². The highest BCUT2D eigenvalue weighted by atomic mass is 35.5. The van der Waals surface area contributed by atoms with Crippen LogP contribution < -0.4 is 5.32 Å². The van der Waals surface area contributed by atoms with Crippen LogP contribution in [0.15, 0.2) is 24.5 Å². The van der Waals surface area contributed by atoms with Gasteiger partial charge in [-0.2, -0.15) is 5.10 Å². The Hall–Kier alpha value is -1.10. The first kappa shape index (κ1) is 13.3. The molecule has 0 unspecified atom stereocenters. The average molecular weight is 285 g/mol. The van der Waals surface area contributed by atoms with E-state index in [1.54, 1.807) is 11.0 Å². The Bertz CT molecular complexity index is 504. The first-order chi connectivity index (χ1) is 8.70. The second-order valence-corrected chi connectivity index (χ2v) is 4.65. The SMILES string of the molecule is CCNCc1ncn(Cc2c(Cl)cccc2Cl)n1. The van der Waals surface area contributed by atoms with Crippen LogP contribution in [0.1, 0.15) is 18.3 Å². The molecule has 0 fully saturated rings. The molecule has 4 nitrogen and oxygen atoms in total. The third kappa shape index (κ3) is 3.22. The summed E-state index contributed by atoms with van der Waals surface area (Å²) in [4.78, 5) is 4.21. The number of nitrogens with zero attached hydrogens (tertiary/aromatic N) is 3. The molecule has 1 aromatic carbocycles. The van der Waals surface area contributed by atoms with Crippen LogP contribution in [-0.2, 0) is 13.1 Å². The van der Waals surface area contributed by atoms with Crippen LogP contribution in [0, 0.1) is 0 Å². The zero-order valence-electron chi connectivity index (χ0n) is 10.0. The number of hydrogen-bond acceptors (Lipinski definition) is 3. The third-order valence-corrected chi connectivity index (χ3v) is 3.21. The van der Waals surface area contributed by atoms with Crippen molar-refractivity contribution < 1.29 is 0 Å². The number of aromatic nitrogens is 3. The number of rotatable bonds is 5. The number of hydrogen-bond donors (Lipinski definition) is 1. The molecular weight excluding hydrogens is 271 g/mol. The zero-order chi connectivity index (χ0) is 13.0. The van der Waals surface area contributed by atoms with Crippen LogP contribution in [0.4, 0.5) is 0 Å². The molecule has 2 aromatic rings. The Balaban J connectivity index is 2.11. The molecule has 18 heavy (non-hydrogen) atoms. The summed E-state index contributed by atoms with van der Waals surface area (Å²) < 4.78 is 1.74. The van der Waals surface area contributed by atoms with Gasteiger partial charge in [0.1, 0.15) is 6.33 Å². The van der Waals surface area contributed by atoms with Gasteiger partial charge in [-0.3, -0.25) is 0 Å². The van der Waals surface area contributed by atoms with Gasteiger partial charge in [0, 0.05) is 15.6 Å². The van der Waals surface area contributed by atoms with E-state index in [0.717, 1.165) is 17.9 Å². The number of benzene rings is 1. The molecule has 1 aromatic heterocycles. The average Bonchev–Trinajstić information content (AvgIpc) is 2.79. The van der Waals surface area contributed by atoms with E-state index >= 15 is 0 Å². The van der Waals surface area contributed by atoms with Gasteiger partial charge in [0.25, 0.3) is 0 Å². The predicted octanol–water partition coefficient (Wildman–Crippen LogP) is 2.74. The highest BCUT2D eigenvalue weighted by Gasteiger charge is 2.07. The van der Waals surface area contributed by atoms with E-state index in [1.165, 1.54) is 0 Å². The second kappa shape index (κ2) is 6.18. The molecule has 2 rings (SSSR count). The van der Waals surface area contributed by atoms with Gasteiger partial charge in [0.2, 0.25) is 0 Å². The molecule has 1 N–H and O–H groups in total. The molecule has 0 bridgehead atoms. The highest BCUT2D eigenvalue weighted by Crippen LogP contribution is 2.24. The van der Waals surface area contributed by atoms with E-state index in [9.17, 15) is 0 Å². The standard InChI is InChI=1S/C12H14Cl2N4/c1-2-15-6-12-16-8-18(17-12)7-9-10(13)4-3-5-11(9)14/h3-5,8,15H,2,6-7H2,1H3. The van der Waals surface area contributed by atoms with Crippen LogP contribution in [0.3, 0.4) is 0 Å². The smallest absolute Gasteiger partial charge is 0.164 e. The molecule has 0 aliphatic carbocycles. The lowest BCUT2D eigenvalue weighted by molar-refractivity contribution is 0.643. The summed E-state index contributed by atoms with van der Waals surface area (Å²) in [5, 5.41) is 8.81. The van der Waals surface area contributed by atoms with Gasteiger partial charge in [-0.25, -0.2) is 9.67 Å². The van der Waals surface area contributed by atoms with Crippen molar-refractivity contribution in [2.45, 2.75) is 20.0 Å². The van der Waals surface area contributed by atoms with Crippen molar-refractivity contribution in [3.63, 3.8) is 0 Å². The van der Waals surface area contributed by atoms with Gasteiger partial charge in [-0.05, 0) is 18.7 Å². The van der Waals surface area contributed by atoms with Crippen LogP contribution in [0.5, 0.6) is 0 Å². The maximum absolute atomic E-state index is 6.11. The van der Waals surface area contributed by atoms with E-state index in [0.29, 0.717) is 23.1 Å². The molecular formula is C12H14Cl2N4. The molecule has 0 amide bonds. The molecule has 0 aliphatic heterocycles. The summed E-state index contributed by atoms with van der Waals surface area (Å²) in [5.41, 5.74) is 0.862. The van der Waals surface area contributed by atoms with Crippen LogP contribution in [0.25, 0.3) is 0 Å². The van der Waals surface area contributed by atoms with Gasteiger partial charge in [0.15, 0.2) is 5.82 Å². The third-order valence-electron chi connectivity index (χ3n) is 2.50. The maximum atomic E-state index is 6.11. The molecule has 0 aliphatic rings. The zero-order valence-corrected chi connectivity index (χ0v) is 11.5. The molecule has 0 saturated heterocycles. The van der Waals surface area contributed by atoms with Crippen molar-refractivity contribution in [1.82, 2.24) is 20.1 Å². The predicted molar refractivity (Wildman–Crippen MR) is 73.0 cm³/mol. The lowest BCUT2D eigenvalue weighted by Gasteiger charge is -2.06. The van der Waals surface area contributed by atoms with E-state index in [1.807, 2.05) is 25.1 Å². The molecule has 0 saturated carbocycles. The van der Waals surface area contributed by atoms with Crippen LogP contribution in [-0.4, -0.2) is 21.3 Å². The minimum atomic E-state index is 0.525. The lowest BCUT2D eigenvalue weighted by atomic mass is 10.2. The normalized spacial score (nSPS) is 10.8. The topological polar surface area (TPSA) is 42.7 Å². The largest absolute Gasteiger partial charge is 0.310 e. The van der Waals surface area contributed by atoms with Gasteiger partial charge in [0.05, 0.1) is 13.1 Å². The summed E-state index contributed by atoms with van der Waals surface area (Å²) >= 11 is 12.2. The van der Waals surface area contributed by atoms with E-state index in [2.05, 4.69) is 15.4 Å². The van der Waals surface area contributed by atoms with E-state index in [4.69, 9.17) is 23.2 Å². The summed E-state index contributed by atoms with van der Waals surface area (Å²) in [6.07, 6.45) is 1.69. The van der Waals surface area contributed by atoms with Crippen LogP contribution >= 0.6 is 23.2 Å². The molecule has 96 valence electrons. The lowest BCUT2D eigenvalue weighted by Crippen LogP contribution is -2.13. The first-order valence-corrected chi connectivity index (χ1v) is 6.48. The fraction of sp³-hybridized carbons (Fsp3) is 0.333. The van der Waals surface area contributed by atoms with Crippen molar-refractivity contribution in [2.75, 3.05) is 6.54 Å². The quantitative estimate of drug-likeness (QED) is 0.918. The fourth-order valence-electron chi connectivity index (χ4n) is 1.57. The monoisotopic (exact) mass is 284 g/mol. The summed E-state index contributed by atoms with van der Waals surface area (Å²) in [6, 6.07) is 5.46. The Kier molecular flexibility index (Phi) is 4.58. The van der Waals surface area contributed by atoms with Crippen molar-refractivity contribution in [1.29, 1.82) is 0 Å². The summed E-state index contributed by atoms with van der Waals surface area (Å²) in [5.74, 6) is 0.764.